The van der Waals surface area contributed by atoms with Crippen LogP contribution in [0.2, 0.25) is 0 Å². The molecule has 152 valence electrons. The van der Waals surface area contributed by atoms with Crippen LogP contribution in [0.5, 0.6) is 0 Å². The van der Waals surface area contributed by atoms with E-state index in [1.165, 1.54) is 13.3 Å². The number of pyridine rings is 2. The molecule has 0 saturated heterocycles. The summed E-state index contributed by atoms with van der Waals surface area (Å²) in [5.74, 6) is 0. The summed E-state index contributed by atoms with van der Waals surface area (Å²) in [6.07, 6.45) is 6.72. The van der Waals surface area contributed by atoms with Gasteiger partial charge in [-0.3, -0.25) is 9.38 Å². The third-order valence-electron chi connectivity index (χ3n) is 4.90. The number of fused-ring (bicyclic) bond motifs is 1. The highest BCUT2D eigenvalue weighted by molar-refractivity contribution is 7.89. The smallest absolute Gasteiger partial charge is 0.278 e. The molecular formula is C22H21N5O2S. The lowest BCUT2D eigenvalue weighted by molar-refractivity contribution is 0.491. The van der Waals surface area contributed by atoms with Crippen molar-refractivity contribution in [2.75, 3.05) is 7.05 Å². The molecule has 1 aromatic carbocycles. The third-order valence-corrected chi connectivity index (χ3v) is 6.54. The quantitative estimate of drug-likeness (QED) is 0.365. The number of aromatic nitrogens is 3. The van der Waals surface area contributed by atoms with Crippen molar-refractivity contribution in [3.8, 4) is 11.1 Å². The number of hydrogen-bond acceptors (Lipinski definition) is 5. The van der Waals surface area contributed by atoms with Crippen LogP contribution < -0.4 is 0 Å². The Labute approximate surface area is 175 Å². The maximum Gasteiger partial charge on any atom is 0.278 e. The number of nitrogens with zero attached hydrogens (tertiary/aromatic N) is 5. The maximum atomic E-state index is 12.8. The molecule has 8 heteroatoms. The van der Waals surface area contributed by atoms with Crippen molar-refractivity contribution >= 4 is 21.9 Å². The van der Waals surface area contributed by atoms with Gasteiger partial charge in [0.15, 0.2) is 0 Å². The lowest BCUT2D eigenvalue weighted by Gasteiger charge is -2.14. The minimum absolute atomic E-state index is 0.204. The summed E-state index contributed by atoms with van der Waals surface area (Å²) in [5, 5.41) is 4.19. The van der Waals surface area contributed by atoms with Gasteiger partial charge in [-0.25, -0.2) is 4.98 Å². The van der Waals surface area contributed by atoms with Crippen LogP contribution in [-0.4, -0.2) is 40.5 Å². The number of hydrogen-bond donors (Lipinski definition) is 0. The van der Waals surface area contributed by atoms with Gasteiger partial charge < -0.3 is 0 Å². The third kappa shape index (κ3) is 3.57. The maximum absolute atomic E-state index is 12.8. The van der Waals surface area contributed by atoms with Crippen molar-refractivity contribution in [1.29, 1.82) is 0 Å². The van der Waals surface area contributed by atoms with Crippen molar-refractivity contribution in [3.05, 3.63) is 84.1 Å². The van der Waals surface area contributed by atoms with Gasteiger partial charge in [-0.2, -0.15) is 17.9 Å². The molecule has 0 aliphatic carbocycles. The second-order valence-corrected chi connectivity index (χ2v) is 8.90. The summed E-state index contributed by atoms with van der Waals surface area (Å²) in [5.41, 5.74) is 5.28. The number of benzene rings is 1. The second-order valence-electron chi connectivity index (χ2n) is 6.95. The molecule has 0 fully saturated rings. The van der Waals surface area contributed by atoms with Crippen molar-refractivity contribution < 1.29 is 8.42 Å². The van der Waals surface area contributed by atoms with Crippen molar-refractivity contribution in [3.63, 3.8) is 0 Å². The number of rotatable bonds is 5. The molecule has 0 amide bonds. The van der Waals surface area contributed by atoms with Crippen LogP contribution in [0.3, 0.4) is 0 Å². The molecule has 0 spiro atoms. The lowest BCUT2D eigenvalue weighted by Crippen LogP contribution is -2.22. The lowest BCUT2D eigenvalue weighted by atomic mass is 10.1. The normalized spacial score (nSPS) is 12.0. The Morgan fingerprint density at radius 3 is 2.63 bits per heavy atom. The fraction of sp³-hybridized carbons (Fsp3) is 0.136. The minimum atomic E-state index is -3.73. The first kappa shape index (κ1) is 19.8. The van der Waals surface area contributed by atoms with E-state index in [9.17, 15) is 8.42 Å². The molecule has 30 heavy (non-hydrogen) atoms. The average Bonchev–Trinajstić information content (AvgIpc) is 3.17. The summed E-state index contributed by atoms with van der Waals surface area (Å²) in [4.78, 5) is 8.81. The molecule has 0 aliphatic heterocycles. The monoisotopic (exact) mass is 419 g/mol. The summed E-state index contributed by atoms with van der Waals surface area (Å²) in [6, 6.07) is 14.6. The molecular weight excluding hydrogens is 398 g/mol. The van der Waals surface area contributed by atoms with Crippen molar-refractivity contribution in [2.45, 2.75) is 18.7 Å². The molecule has 0 bridgehead atoms. The molecule has 0 saturated carbocycles. The van der Waals surface area contributed by atoms with E-state index in [0.717, 1.165) is 32.4 Å². The van der Waals surface area contributed by atoms with Crippen molar-refractivity contribution in [1.82, 2.24) is 18.8 Å². The van der Waals surface area contributed by atoms with E-state index >= 15 is 0 Å². The number of aryl methyl sites for hydroxylation is 2. The van der Waals surface area contributed by atoms with Crippen molar-refractivity contribution in [2.24, 2.45) is 5.10 Å². The van der Waals surface area contributed by atoms with E-state index in [4.69, 9.17) is 0 Å². The standard InChI is InChI=1S/C22H21N5O2S/c1-16-6-4-8-20(12-16)30(28,29)26(3)25-15-19-14-24-22-10-9-21(17(2)27(19)22)18-7-5-11-23-13-18/h4-15H,1-3H3/b25-15+. The van der Waals surface area contributed by atoms with Crippen LogP contribution in [0, 0.1) is 13.8 Å². The Hall–Kier alpha value is -3.52. The number of hydrazone groups is 1. The van der Waals surface area contributed by atoms with Crippen LogP contribution in [0.1, 0.15) is 17.0 Å². The zero-order valence-corrected chi connectivity index (χ0v) is 17.7. The van der Waals surface area contributed by atoms with Crippen LogP contribution in [0.25, 0.3) is 16.8 Å². The second kappa shape index (κ2) is 7.72. The van der Waals surface area contributed by atoms with E-state index < -0.39 is 10.0 Å². The van der Waals surface area contributed by atoms with Crippen LogP contribution in [-0.2, 0) is 10.0 Å². The first-order chi connectivity index (χ1) is 14.4. The highest BCUT2D eigenvalue weighted by Crippen LogP contribution is 2.24. The van der Waals surface area contributed by atoms with Crippen LogP contribution in [0.4, 0.5) is 0 Å². The van der Waals surface area contributed by atoms with Gasteiger partial charge in [0.05, 0.1) is 23.0 Å². The van der Waals surface area contributed by atoms with Gasteiger partial charge in [-0.05, 0) is 49.7 Å². The summed E-state index contributed by atoms with van der Waals surface area (Å²) in [6.45, 7) is 3.84. The summed E-state index contributed by atoms with van der Waals surface area (Å²) < 4.78 is 28.5. The fourth-order valence-corrected chi connectivity index (χ4v) is 4.37. The molecule has 3 heterocycles. The molecule has 4 rings (SSSR count). The summed E-state index contributed by atoms with van der Waals surface area (Å²) >= 11 is 0. The van der Waals surface area contributed by atoms with Gasteiger partial charge in [0.1, 0.15) is 5.65 Å². The Balaban J connectivity index is 1.71. The van der Waals surface area contributed by atoms with E-state index in [1.54, 1.807) is 36.8 Å². The Bertz CT molecular complexity index is 1340. The molecule has 0 atom stereocenters. The molecule has 7 nitrogen and oxygen atoms in total. The molecule has 4 aromatic rings. The van der Waals surface area contributed by atoms with E-state index in [2.05, 4.69) is 15.1 Å². The number of sulfonamides is 1. The van der Waals surface area contributed by atoms with Crippen LogP contribution >= 0.6 is 0 Å². The Morgan fingerprint density at radius 2 is 1.90 bits per heavy atom. The average molecular weight is 420 g/mol. The highest BCUT2D eigenvalue weighted by atomic mass is 32.2. The van der Waals surface area contributed by atoms with Gasteiger partial charge in [0.2, 0.25) is 0 Å². The molecule has 0 N–H and O–H groups in total. The zero-order chi connectivity index (χ0) is 21.3. The van der Waals surface area contributed by atoms with E-state index in [-0.39, 0.29) is 4.90 Å². The van der Waals surface area contributed by atoms with Crippen LogP contribution in [0.15, 0.2) is 77.1 Å². The van der Waals surface area contributed by atoms with Gasteiger partial charge >= 0.3 is 0 Å². The van der Waals surface area contributed by atoms with E-state index in [1.807, 2.05) is 48.6 Å². The molecule has 0 radical (unpaired) electrons. The predicted molar refractivity (Wildman–Crippen MR) is 117 cm³/mol. The van der Waals surface area contributed by atoms with Gasteiger partial charge in [-0.15, -0.1) is 0 Å². The first-order valence-electron chi connectivity index (χ1n) is 9.35. The SMILES string of the molecule is Cc1cccc(S(=O)(=O)N(C)/N=C/c2cnc3ccc(-c4cccnc4)c(C)n23)c1. The fourth-order valence-electron chi connectivity index (χ4n) is 3.31. The van der Waals surface area contributed by atoms with Gasteiger partial charge in [0, 0.05) is 36.3 Å². The molecule has 0 aliphatic rings. The van der Waals surface area contributed by atoms with Gasteiger partial charge in [-0.1, -0.05) is 18.2 Å². The minimum Gasteiger partial charge on any atom is -0.295 e. The zero-order valence-electron chi connectivity index (χ0n) is 16.9. The molecule has 0 unspecified atom stereocenters. The van der Waals surface area contributed by atoms with Gasteiger partial charge in [0.25, 0.3) is 10.0 Å². The van der Waals surface area contributed by atoms with E-state index in [0.29, 0.717) is 5.69 Å². The summed E-state index contributed by atoms with van der Waals surface area (Å²) in [7, 11) is -2.31. The Morgan fingerprint density at radius 1 is 1.07 bits per heavy atom. The highest BCUT2D eigenvalue weighted by Gasteiger charge is 2.19. The topological polar surface area (TPSA) is 79.9 Å². The largest absolute Gasteiger partial charge is 0.295 e. The number of imidazole rings is 1. The Kier molecular flexibility index (Phi) is 5.09. The molecule has 3 aromatic heterocycles. The predicted octanol–water partition coefficient (Wildman–Crippen LogP) is 3.67. The first-order valence-corrected chi connectivity index (χ1v) is 10.8.